The highest BCUT2D eigenvalue weighted by atomic mass is 32.1. The zero-order chi connectivity index (χ0) is 11.1. The molecule has 1 aromatic carbocycles. The van der Waals surface area contributed by atoms with E-state index in [9.17, 15) is 0 Å². The summed E-state index contributed by atoms with van der Waals surface area (Å²) in [6.07, 6.45) is 4.14. The van der Waals surface area contributed by atoms with Crippen molar-refractivity contribution in [3.05, 3.63) is 64.4 Å². The van der Waals surface area contributed by atoms with Gasteiger partial charge >= 0.3 is 0 Å². The smallest absolute Gasteiger partial charge is 0.0721 e. The molecule has 0 spiro atoms. The van der Waals surface area contributed by atoms with Crippen molar-refractivity contribution in [2.24, 2.45) is 0 Å². The first kappa shape index (κ1) is 11.1. The number of benzene rings is 1. The van der Waals surface area contributed by atoms with E-state index in [0.717, 1.165) is 0 Å². The molecule has 0 radical (unpaired) electrons. The van der Waals surface area contributed by atoms with Crippen molar-refractivity contribution >= 4 is 17.4 Å². The van der Waals surface area contributed by atoms with Gasteiger partial charge in [-0.2, -0.15) is 0 Å². The zero-order valence-corrected chi connectivity index (χ0v) is 9.82. The van der Waals surface area contributed by atoms with Crippen LogP contribution in [0.1, 0.15) is 10.4 Å². The predicted molar refractivity (Wildman–Crippen MR) is 69.5 cm³/mol. The Kier molecular flexibility index (Phi) is 4.35. The van der Waals surface area contributed by atoms with Crippen LogP contribution >= 0.6 is 11.3 Å². The lowest BCUT2D eigenvalue weighted by Gasteiger charge is -2.00. The summed E-state index contributed by atoms with van der Waals surface area (Å²) in [6.45, 7) is 1.34. The zero-order valence-electron chi connectivity index (χ0n) is 9.00. The first-order valence-corrected chi connectivity index (χ1v) is 6.15. The van der Waals surface area contributed by atoms with Gasteiger partial charge in [0.2, 0.25) is 0 Å². The lowest BCUT2D eigenvalue weighted by molar-refractivity contribution is 0.149. The van der Waals surface area contributed by atoms with Crippen LogP contribution in [0, 0.1) is 0 Å². The van der Waals surface area contributed by atoms with Crippen molar-refractivity contribution in [2.75, 3.05) is 6.61 Å². The van der Waals surface area contributed by atoms with Gasteiger partial charge in [0, 0.05) is 4.88 Å². The van der Waals surface area contributed by atoms with E-state index in [1.165, 1.54) is 10.4 Å². The van der Waals surface area contributed by atoms with Crippen LogP contribution < -0.4 is 0 Å². The van der Waals surface area contributed by atoms with Crippen LogP contribution in [0.3, 0.4) is 0 Å². The number of rotatable bonds is 5. The van der Waals surface area contributed by atoms with E-state index < -0.39 is 0 Å². The van der Waals surface area contributed by atoms with Crippen LogP contribution in [0.15, 0.2) is 53.9 Å². The molecule has 1 heterocycles. The second kappa shape index (κ2) is 6.26. The Morgan fingerprint density at radius 3 is 2.69 bits per heavy atom. The summed E-state index contributed by atoms with van der Waals surface area (Å²) >= 11 is 1.73. The standard InChI is InChI=1S/C14H14OS/c1-2-6-13(7-3-1)12-15-10-4-8-14-9-5-11-16-14/h1-9,11H,10,12H2/b8-4+. The third-order valence-corrected chi connectivity index (χ3v) is 2.99. The molecule has 1 aromatic heterocycles. The Morgan fingerprint density at radius 1 is 1.06 bits per heavy atom. The molecule has 0 amide bonds. The lowest BCUT2D eigenvalue weighted by atomic mass is 10.2. The SMILES string of the molecule is C(=C\c1cccs1)/COCc1ccccc1. The van der Waals surface area contributed by atoms with Gasteiger partial charge in [-0.1, -0.05) is 42.5 Å². The molecule has 0 atom stereocenters. The summed E-state index contributed by atoms with van der Waals surface area (Å²) in [7, 11) is 0. The van der Waals surface area contributed by atoms with Gasteiger partial charge in [0.15, 0.2) is 0 Å². The van der Waals surface area contributed by atoms with Gasteiger partial charge in [-0.15, -0.1) is 11.3 Å². The largest absolute Gasteiger partial charge is 0.373 e. The average Bonchev–Trinajstić information content (AvgIpc) is 2.83. The number of hydrogen-bond acceptors (Lipinski definition) is 2. The first-order chi connectivity index (χ1) is 7.95. The van der Waals surface area contributed by atoms with Crippen LogP contribution in [0.4, 0.5) is 0 Å². The summed E-state index contributed by atoms with van der Waals surface area (Å²) in [5.74, 6) is 0. The van der Waals surface area contributed by atoms with Gasteiger partial charge in [0.05, 0.1) is 13.2 Å². The molecule has 0 saturated carbocycles. The van der Waals surface area contributed by atoms with Crippen LogP contribution in [0.5, 0.6) is 0 Å². The molecule has 2 rings (SSSR count). The molecule has 0 aliphatic heterocycles. The Labute approximate surface area is 100 Å². The van der Waals surface area contributed by atoms with Gasteiger partial charge in [-0.05, 0) is 23.1 Å². The van der Waals surface area contributed by atoms with Crippen LogP contribution in [-0.4, -0.2) is 6.61 Å². The van der Waals surface area contributed by atoms with E-state index >= 15 is 0 Å². The molecule has 16 heavy (non-hydrogen) atoms. The Balaban J connectivity index is 1.69. The van der Waals surface area contributed by atoms with E-state index in [1.54, 1.807) is 11.3 Å². The third kappa shape index (κ3) is 3.65. The first-order valence-electron chi connectivity index (χ1n) is 5.27. The second-order valence-electron chi connectivity index (χ2n) is 3.42. The van der Waals surface area contributed by atoms with E-state index in [2.05, 4.69) is 41.8 Å². The number of ether oxygens (including phenoxy) is 1. The molecule has 0 aliphatic rings. The van der Waals surface area contributed by atoms with Gasteiger partial charge in [0.1, 0.15) is 0 Å². The van der Waals surface area contributed by atoms with Crippen molar-refractivity contribution in [1.82, 2.24) is 0 Å². The van der Waals surface area contributed by atoms with E-state index in [1.807, 2.05) is 18.2 Å². The third-order valence-electron chi connectivity index (χ3n) is 2.15. The predicted octanol–water partition coefficient (Wildman–Crippen LogP) is 3.98. The molecular weight excluding hydrogens is 216 g/mol. The molecule has 82 valence electrons. The van der Waals surface area contributed by atoms with Crippen molar-refractivity contribution in [2.45, 2.75) is 6.61 Å². The van der Waals surface area contributed by atoms with Crippen LogP contribution in [0.2, 0.25) is 0 Å². The van der Waals surface area contributed by atoms with Gasteiger partial charge in [-0.25, -0.2) is 0 Å². The molecule has 2 aromatic rings. The molecule has 2 heteroatoms. The normalized spacial score (nSPS) is 11.0. The summed E-state index contributed by atoms with van der Waals surface area (Å²) < 4.78 is 5.54. The van der Waals surface area contributed by atoms with Crippen molar-refractivity contribution in [3.63, 3.8) is 0 Å². The molecule has 0 aliphatic carbocycles. The minimum absolute atomic E-state index is 0.660. The fourth-order valence-corrected chi connectivity index (χ4v) is 2.02. The molecule has 0 unspecified atom stereocenters. The minimum atomic E-state index is 0.660. The Morgan fingerprint density at radius 2 is 1.94 bits per heavy atom. The Hall–Kier alpha value is -1.38. The highest BCUT2D eigenvalue weighted by molar-refractivity contribution is 7.10. The molecule has 1 nitrogen and oxygen atoms in total. The highest BCUT2D eigenvalue weighted by Gasteiger charge is 1.89. The fourth-order valence-electron chi connectivity index (χ4n) is 1.37. The molecular formula is C14H14OS. The van der Waals surface area contributed by atoms with Crippen molar-refractivity contribution in [3.8, 4) is 0 Å². The maximum atomic E-state index is 5.54. The van der Waals surface area contributed by atoms with Crippen LogP contribution in [0.25, 0.3) is 6.08 Å². The van der Waals surface area contributed by atoms with Crippen molar-refractivity contribution < 1.29 is 4.74 Å². The van der Waals surface area contributed by atoms with Crippen LogP contribution in [-0.2, 0) is 11.3 Å². The summed E-state index contributed by atoms with van der Waals surface area (Å²) in [4.78, 5) is 1.27. The van der Waals surface area contributed by atoms with E-state index in [-0.39, 0.29) is 0 Å². The van der Waals surface area contributed by atoms with E-state index in [4.69, 9.17) is 4.74 Å². The van der Waals surface area contributed by atoms with Gasteiger partial charge < -0.3 is 4.74 Å². The molecule has 0 fully saturated rings. The topological polar surface area (TPSA) is 9.23 Å². The van der Waals surface area contributed by atoms with Gasteiger partial charge in [-0.3, -0.25) is 0 Å². The highest BCUT2D eigenvalue weighted by Crippen LogP contribution is 2.10. The number of hydrogen-bond donors (Lipinski definition) is 0. The molecule has 0 N–H and O–H groups in total. The molecule has 0 bridgehead atoms. The van der Waals surface area contributed by atoms with Gasteiger partial charge in [0.25, 0.3) is 0 Å². The monoisotopic (exact) mass is 230 g/mol. The lowest BCUT2D eigenvalue weighted by Crippen LogP contribution is -1.91. The Bertz CT molecular complexity index is 417. The maximum Gasteiger partial charge on any atom is 0.0721 e. The average molecular weight is 230 g/mol. The summed E-state index contributed by atoms with van der Waals surface area (Å²) in [5.41, 5.74) is 1.21. The molecule has 0 saturated heterocycles. The maximum absolute atomic E-state index is 5.54. The quantitative estimate of drug-likeness (QED) is 0.706. The van der Waals surface area contributed by atoms with E-state index in [0.29, 0.717) is 13.2 Å². The summed E-state index contributed by atoms with van der Waals surface area (Å²) in [5, 5.41) is 2.07. The minimum Gasteiger partial charge on any atom is -0.373 e. The fraction of sp³-hybridized carbons (Fsp3) is 0.143. The van der Waals surface area contributed by atoms with Crippen molar-refractivity contribution in [1.29, 1.82) is 0 Å². The second-order valence-corrected chi connectivity index (χ2v) is 4.40. The summed E-state index contributed by atoms with van der Waals surface area (Å²) in [6, 6.07) is 14.4. The number of thiophene rings is 1.